The molecule has 148 valence electrons. The summed E-state index contributed by atoms with van der Waals surface area (Å²) in [6, 6.07) is 1.89. The quantitative estimate of drug-likeness (QED) is 0.706. The number of morpholine rings is 1. The van der Waals surface area contributed by atoms with Crippen LogP contribution in [0.3, 0.4) is 0 Å². The average molecular weight is 377 g/mol. The molecule has 27 heavy (non-hydrogen) atoms. The molecule has 0 N–H and O–H groups in total. The molecule has 1 aliphatic heterocycles. The van der Waals surface area contributed by atoms with Gasteiger partial charge in [-0.15, -0.1) is 10.2 Å². The van der Waals surface area contributed by atoms with Gasteiger partial charge in [-0.25, -0.2) is 0 Å². The summed E-state index contributed by atoms with van der Waals surface area (Å²) in [5, 5.41) is 16.9. The first kappa shape index (κ1) is 19.4. The highest BCUT2D eigenvalue weighted by atomic mass is 16.5. The smallest absolute Gasteiger partial charge is 0.272 e. The normalized spacial score (nSPS) is 17.7. The highest BCUT2D eigenvalue weighted by Gasteiger charge is 2.30. The van der Waals surface area contributed by atoms with Gasteiger partial charge in [-0.3, -0.25) is 9.48 Å². The van der Waals surface area contributed by atoms with Crippen molar-refractivity contribution in [2.24, 2.45) is 0 Å². The van der Waals surface area contributed by atoms with Gasteiger partial charge in [-0.2, -0.15) is 9.90 Å². The van der Waals surface area contributed by atoms with Crippen LogP contribution in [0.15, 0.2) is 6.07 Å². The molecule has 3 rings (SSSR count). The van der Waals surface area contributed by atoms with Crippen LogP contribution >= 0.6 is 0 Å². The maximum absolute atomic E-state index is 13.1. The van der Waals surface area contributed by atoms with Gasteiger partial charge in [0.25, 0.3) is 5.91 Å². The second-order valence-corrected chi connectivity index (χ2v) is 6.77. The van der Waals surface area contributed by atoms with E-state index in [9.17, 15) is 4.79 Å². The summed E-state index contributed by atoms with van der Waals surface area (Å²) in [6.45, 7) is 9.15. The van der Waals surface area contributed by atoms with Crippen molar-refractivity contribution >= 4 is 5.91 Å². The van der Waals surface area contributed by atoms with Crippen LogP contribution in [0.4, 0.5) is 0 Å². The molecule has 3 heterocycles. The lowest BCUT2D eigenvalue weighted by atomic mass is 10.1. The fourth-order valence-corrected chi connectivity index (χ4v) is 2.94. The lowest BCUT2D eigenvalue weighted by Crippen LogP contribution is -2.43. The summed E-state index contributed by atoms with van der Waals surface area (Å²) in [5.41, 5.74) is 1.53. The van der Waals surface area contributed by atoms with E-state index in [1.807, 2.05) is 13.0 Å². The van der Waals surface area contributed by atoms with Crippen molar-refractivity contribution in [3.05, 3.63) is 23.3 Å². The van der Waals surface area contributed by atoms with Crippen molar-refractivity contribution < 1.29 is 14.3 Å². The standard InChI is InChI=1S/C17H27N7O3/c1-5-23-14(10-13(19-23)12(2)3)17(25)22-6-9-27-15(11-22)16-18-21-24(20-16)7-8-26-4/h10,12,15H,5-9,11H2,1-4H3. The number of hydrogen-bond acceptors (Lipinski definition) is 7. The number of tetrazole rings is 1. The van der Waals surface area contributed by atoms with E-state index in [0.29, 0.717) is 50.9 Å². The van der Waals surface area contributed by atoms with Gasteiger partial charge < -0.3 is 14.4 Å². The molecule has 10 heteroatoms. The van der Waals surface area contributed by atoms with Crippen molar-refractivity contribution in [3.63, 3.8) is 0 Å². The Hall–Kier alpha value is -2.33. The molecule has 1 aliphatic rings. The summed E-state index contributed by atoms with van der Waals surface area (Å²) < 4.78 is 12.6. The molecule has 0 radical (unpaired) electrons. The molecule has 1 fully saturated rings. The molecule has 0 spiro atoms. The van der Waals surface area contributed by atoms with Crippen LogP contribution in [-0.2, 0) is 22.6 Å². The van der Waals surface area contributed by atoms with Crippen LogP contribution in [0.2, 0.25) is 0 Å². The monoisotopic (exact) mass is 377 g/mol. The van der Waals surface area contributed by atoms with Gasteiger partial charge in [0.15, 0.2) is 0 Å². The number of amides is 1. The third-order valence-corrected chi connectivity index (χ3v) is 4.51. The maximum atomic E-state index is 13.1. The number of nitrogens with zero attached hydrogens (tertiary/aromatic N) is 7. The van der Waals surface area contributed by atoms with Gasteiger partial charge in [0, 0.05) is 20.2 Å². The second-order valence-electron chi connectivity index (χ2n) is 6.77. The topological polar surface area (TPSA) is 100 Å². The van der Waals surface area contributed by atoms with E-state index in [1.165, 1.54) is 4.80 Å². The lowest BCUT2D eigenvalue weighted by Gasteiger charge is -2.31. The van der Waals surface area contributed by atoms with Crippen LogP contribution in [0.5, 0.6) is 0 Å². The Morgan fingerprint density at radius 3 is 2.93 bits per heavy atom. The molecule has 2 aromatic rings. The number of hydrogen-bond donors (Lipinski definition) is 0. The number of carbonyl (C=O) groups excluding carboxylic acids is 1. The number of rotatable bonds is 7. The zero-order chi connectivity index (χ0) is 19.4. The Morgan fingerprint density at radius 1 is 1.41 bits per heavy atom. The summed E-state index contributed by atoms with van der Waals surface area (Å²) in [4.78, 5) is 16.3. The first-order valence-corrected chi connectivity index (χ1v) is 9.28. The molecule has 10 nitrogen and oxygen atoms in total. The van der Waals surface area contributed by atoms with Crippen LogP contribution in [0.25, 0.3) is 0 Å². The summed E-state index contributed by atoms with van der Waals surface area (Å²) in [6.07, 6.45) is -0.387. The second kappa shape index (κ2) is 8.57. The number of aromatic nitrogens is 6. The minimum Gasteiger partial charge on any atom is -0.383 e. The van der Waals surface area contributed by atoms with Crippen molar-refractivity contribution in [2.45, 2.75) is 45.9 Å². The molecule has 1 unspecified atom stereocenters. The highest BCUT2D eigenvalue weighted by molar-refractivity contribution is 5.92. The van der Waals surface area contributed by atoms with Crippen molar-refractivity contribution in [3.8, 4) is 0 Å². The van der Waals surface area contributed by atoms with Gasteiger partial charge in [0.05, 0.1) is 32.0 Å². The third kappa shape index (κ3) is 4.33. The molecule has 0 aromatic carbocycles. The average Bonchev–Trinajstić information content (AvgIpc) is 3.33. The first-order valence-electron chi connectivity index (χ1n) is 9.28. The molecule has 1 saturated heterocycles. The van der Waals surface area contributed by atoms with Gasteiger partial charge >= 0.3 is 0 Å². The zero-order valence-electron chi connectivity index (χ0n) is 16.3. The van der Waals surface area contributed by atoms with Crippen LogP contribution in [-0.4, -0.2) is 74.2 Å². The van der Waals surface area contributed by atoms with Gasteiger partial charge in [0.2, 0.25) is 5.82 Å². The zero-order valence-corrected chi connectivity index (χ0v) is 16.3. The first-order chi connectivity index (χ1) is 13.0. The molecule has 0 bridgehead atoms. The lowest BCUT2D eigenvalue weighted by molar-refractivity contribution is -0.0273. The highest BCUT2D eigenvalue weighted by Crippen LogP contribution is 2.22. The van der Waals surface area contributed by atoms with Crippen LogP contribution < -0.4 is 0 Å². The predicted molar refractivity (Wildman–Crippen MR) is 96.3 cm³/mol. The van der Waals surface area contributed by atoms with Crippen molar-refractivity contribution in [1.29, 1.82) is 0 Å². The SMILES string of the molecule is CCn1nc(C(C)C)cc1C(=O)N1CCOC(c2nnn(CCOC)n2)C1. The number of aryl methyl sites for hydroxylation is 1. The van der Waals surface area contributed by atoms with Gasteiger partial charge in [-0.05, 0) is 24.1 Å². The number of methoxy groups -OCH3 is 1. The summed E-state index contributed by atoms with van der Waals surface area (Å²) in [7, 11) is 1.62. The maximum Gasteiger partial charge on any atom is 0.272 e. The Balaban J connectivity index is 1.72. The Labute approximate surface area is 158 Å². The van der Waals surface area contributed by atoms with E-state index in [2.05, 4.69) is 34.4 Å². The molecule has 2 aromatic heterocycles. The molecule has 1 amide bonds. The Morgan fingerprint density at radius 2 is 2.22 bits per heavy atom. The van der Waals surface area contributed by atoms with E-state index in [4.69, 9.17) is 9.47 Å². The molecule has 0 aliphatic carbocycles. The predicted octanol–water partition coefficient (Wildman–Crippen LogP) is 0.873. The molecule has 0 saturated carbocycles. The summed E-state index contributed by atoms with van der Waals surface area (Å²) in [5.74, 6) is 0.708. The van der Waals surface area contributed by atoms with Gasteiger partial charge in [0.1, 0.15) is 11.8 Å². The van der Waals surface area contributed by atoms with E-state index in [0.717, 1.165) is 5.69 Å². The minimum atomic E-state index is -0.387. The molecule has 1 atom stereocenters. The largest absolute Gasteiger partial charge is 0.383 e. The summed E-state index contributed by atoms with van der Waals surface area (Å²) >= 11 is 0. The van der Waals surface area contributed by atoms with Crippen LogP contribution in [0.1, 0.15) is 54.8 Å². The molecular weight excluding hydrogens is 350 g/mol. The van der Waals surface area contributed by atoms with Crippen LogP contribution in [0, 0.1) is 0 Å². The number of carbonyl (C=O) groups is 1. The molecular formula is C17H27N7O3. The van der Waals surface area contributed by atoms with Crippen molar-refractivity contribution in [2.75, 3.05) is 33.4 Å². The van der Waals surface area contributed by atoms with E-state index in [1.54, 1.807) is 16.7 Å². The Kier molecular flexibility index (Phi) is 6.17. The van der Waals surface area contributed by atoms with E-state index >= 15 is 0 Å². The van der Waals surface area contributed by atoms with E-state index in [-0.39, 0.29) is 17.9 Å². The van der Waals surface area contributed by atoms with Crippen molar-refractivity contribution in [1.82, 2.24) is 34.9 Å². The number of ether oxygens (including phenoxy) is 2. The Bertz CT molecular complexity index is 770. The fraction of sp³-hybridized carbons (Fsp3) is 0.706. The third-order valence-electron chi connectivity index (χ3n) is 4.51. The van der Waals surface area contributed by atoms with Gasteiger partial charge in [-0.1, -0.05) is 13.8 Å². The van der Waals surface area contributed by atoms with E-state index < -0.39 is 0 Å². The minimum absolute atomic E-state index is 0.0451. The fourth-order valence-electron chi connectivity index (χ4n) is 2.94.